The molecule has 0 aliphatic carbocycles. The van der Waals surface area contributed by atoms with Crippen molar-refractivity contribution in [1.82, 2.24) is 10.3 Å². The summed E-state index contributed by atoms with van der Waals surface area (Å²) < 4.78 is 5.60. The van der Waals surface area contributed by atoms with Gasteiger partial charge in [-0.1, -0.05) is 12.1 Å². The molecule has 1 atom stereocenters. The molecule has 1 unspecified atom stereocenters. The number of nitrogens with one attached hydrogen (secondary N) is 1. The fraction of sp³-hybridized carbons (Fsp3) is 0.333. The molecule has 1 aromatic heterocycles. The molecular weight excluding hydrogens is 324 g/mol. The topological polar surface area (TPSA) is 71.5 Å². The number of aliphatic hydroxyl groups excluding tert-OH is 1. The Labute approximate surface area is 146 Å². The first-order valence-corrected chi connectivity index (χ1v) is 8.64. The zero-order valence-corrected chi connectivity index (χ0v) is 14.8. The van der Waals surface area contributed by atoms with Crippen molar-refractivity contribution in [2.24, 2.45) is 0 Å². The molecule has 24 heavy (non-hydrogen) atoms. The average Bonchev–Trinajstić information content (AvgIpc) is 2.95. The lowest BCUT2D eigenvalue weighted by Gasteiger charge is -2.14. The molecular formula is C18H22N2O3S. The molecule has 0 bridgehead atoms. The molecule has 0 aliphatic heterocycles. The van der Waals surface area contributed by atoms with Crippen molar-refractivity contribution >= 4 is 23.3 Å². The largest absolute Gasteiger partial charge is 0.491 e. The summed E-state index contributed by atoms with van der Waals surface area (Å²) in [5.74, 6) is 0.431. The third kappa shape index (κ3) is 5.79. The van der Waals surface area contributed by atoms with Gasteiger partial charge in [-0.3, -0.25) is 4.79 Å². The number of nitrogens with zero attached hydrogens (tertiary/aromatic N) is 1. The van der Waals surface area contributed by atoms with E-state index in [9.17, 15) is 9.90 Å². The number of aryl methyl sites for hydroxylation is 1. The van der Waals surface area contributed by atoms with Crippen LogP contribution in [-0.2, 0) is 4.79 Å². The van der Waals surface area contributed by atoms with Crippen LogP contribution in [0.2, 0.25) is 0 Å². The van der Waals surface area contributed by atoms with E-state index in [0.29, 0.717) is 11.3 Å². The fourth-order valence-electron chi connectivity index (χ4n) is 2.06. The van der Waals surface area contributed by atoms with Crippen molar-refractivity contribution < 1.29 is 14.6 Å². The van der Waals surface area contributed by atoms with E-state index in [4.69, 9.17) is 4.74 Å². The van der Waals surface area contributed by atoms with Gasteiger partial charge in [0.2, 0.25) is 5.91 Å². The van der Waals surface area contributed by atoms with Crippen LogP contribution in [0.4, 0.5) is 0 Å². The Morgan fingerprint density at radius 3 is 2.92 bits per heavy atom. The monoisotopic (exact) mass is 346 g/mol. The summed E-state index contributed by atoms with van der Waals surface area (Å²) in [4.78, 5) is 16.1. The third-order valence-electron chi connectivity index (χ3n) is 3.13. The van der Waals surface area contributed by atoms with Crippen LogP contribution in [0.25, 0.3) is 6.08 Å². The van der Waals surface area contributed by atoms with E-state index in [1.165, 1.54) is 17.4 Å². The SMILES string of the molecule is Cc1nc(/C=C/C(=O)NCC(O)c2cccc(OC(C)C)c2)cs1. The molecule has 2 aromatic rings. The van der Waals surface area contributed by atoms with Gasteiger partial charge < -0.3 is 15.2 Å². The van der Waals surface area contributed by atoms with Crippen molar-refractivity contribution in [3.05, 3.63) is 52.0 Å². The summed E-state index contributed by atoms with van der Waals surface area (Å²) in [7, 11) is 0. The molecule has 1 amide bonds. The molecule has 0 spiro atoms. The van der Waals surface area contributed by atoms with E-state index < -0.39 is 6.10 Å². The Morgan fingerprint density at radius 2 is 2.25 bits per heavy atom. The molecule has 0 fully saturated rings. The molecule has 0 saturated heterocycles. The van der Waals surface area contributed by atoms with Gasteiger partial charge in [0, 0.05) is 18.0 Å². The summed E-state index contributed by atoms with van der Waals surface area (Å²) in [5.41, 5.74) is 1.46. The number of hydrogen-bond donors (Lipinski definition) is 2. The van der Waals surface area contributed by atoms with Gasteiger partial charge in [-0.15, -0.1) is 11.3 Å². The van der Waals surface area contributed by atoms with Gasteiger partial charge in [-0.25, -0.2) is 4.98 Å². The van der Waals surface area contributed by atoms with Crippen molar-refractivity contribution in [3.8, 4) is 5.75 Å². The van der Waals surface area contributed by atoms with Crippen LogP contribution < -0.4 is 10.1 Å². The number of aliphatic hydroxyl groups is 1. The van der Waals surface area contributed by atoms with Crippen molar-refractivity contribution in [3.63, 3.8) is 0 Å². The third-order valence-corrected chi connectivity index (χ3v) is 3.92. The first-order valence-electron chi connectivity index (χ1n) is 7.77. The Balaban J connectivity index is 1.87. The molecule has 1 heterocycles. The van der Waals surface area contributed by atoms with Gasteiger partial charge in [0.25, 0.3) is 0 Å². The summed E-state index contributed by atoms with van der Waals surface area (Å²) in [6.45, 7) is 5.93. The number of carbonyl (C=O) groups is 1. The number of thiazole rings is 1. The maximum atomic E-state index is 11.8. The van der Waals surface area contributed by atoms with E-state index >= 15 is 0 Å². The maximum Gasteiger partial charge on any atom is 0.244 e. The van der Waals surface area contributed by atoms with E-state index in [0.717, 1.165) is 10.7 Å². The highest BCUT2D eigenvalue weighted by molar-refractivity contribution is 7.09. The van der Waals surface area contributed by atoms with E-state index in [1.54, 1.807) is 18.2 Å². The number of ether oxygens (including phenoxy) is 1. The molecule has 0 saturated carbocycles. The lowest BCUT2D eigenvalue weighted by molar-refractivity contribution is -0.116. The molecule has 0 aliphatic rings. The second-order valence-electron chi connectivity index (χ2n) is 5.62. The van der Waals surface area contributed by atoms with Crippen LogP contribution in [0.3, 0.4) is 0 Å². The predicted octanol–water partition coefficient (Wildman–Crippen LogP) is 3.10. The normalized spacial score (nSPS) is 12.5. The van der Waals surface area contributed by atoms with E-state index in [2.05, 4.69) is 10.3 Å². The summed E-state index contributed by atoms with van der Waals surface area (Å²) in [5, 5.41) is 15.7. The minimum Gasteiger partial charge on any atom is -0.491 e. The van der Waals surface area contributed by atoms with Crippen molar-refractivity contribution in [2.45, 2.75) is 33.0 Å². The summed E-state index contributed by atoms with van der Waals surface area (Å²) in [6.07, 6.45) is 2.35. The van der Waals surface area contributed by atoms with Gasteiger partial charge in [0.1, 0.15) is 5.75 Å². The molecule has 5 nitrogen and oxygen atoms in total. The number of carbonyl (C=O) groups excluding carboxylic acids is 1. The fourth-order valence-corrected chi connectivity index (χ4v) is 2.64. The lowest BCUT2D eigenvalue weighted by Crippen LogP contribution is -2.26. The lowest BCUT2D eigenvalue weighted by atomic mass is 10.1. The molecule has 6 heteroatoms. The van der Waals surface area contributed by atoms with Gasteiger partial charge in [-0.2, -0.15) is 0 Å². The van der Waals surface area contributed by atoms with Gasteiger partial charge >= 0.3 is 0 Å². The van der Waals surface area contributed by atoms with Crippen molar-refractivity contribution in [2.75, 3.05) is 6.54 Å². The Kier molecular flexibility index (Phi) is 6.52. The predicted molar refractivity (Wildman–Crippen MR) is 96.1 cm³/mol. The molecule has 2 N–H and O–H groups in total. The average molecular weight is 346 g/mol. The van der Waals surface area contributed by atoms with E-state index in [1.807, 2.05) is 38.3 Å². The highest BCUT2D eigenvalue weighted by atomic mass is 32.1. The first-order chi connectivity index (χ1) is 11.4. The van der Waals surface area contributed by atoms with Crippen LogP contribution in [0.5, 0.6) is 5.75 Å². The van der Waals surface area contributed by atoms with Gasteiger partial charge in [0.05, 0.1) is 22.9 Å². The van der Waals surface area contributed by atoms with Crippen LogP contribution in [0, 0.1) is 6.92 Å². The number of amides is 1. The smallest absolute Gasteiger partial charge is 0.244 e. The van der Waals surface area contributed by atoms with Gasteiger partial charge in [-0.05, 0) is 44.5 Å². The minimum absolute atomic E-state index is 0.0663. The zero-order valence-electron chi connectivity index (χ0n) is 14.0. The van der Waals surface area contributed by atoms with Gasteiger partial charge in [0.15, 0.2) is 0 Å². The van der Waals surface area contributed by atoms with Crippen LogP contribution in [0.1, 0.15) is 36.2 Å². The van der Waals surface area contributed by atoms with Crippen molar-refractivity contribution in [1.29, 1.82) is 0 Å². The second-order valence-corrected chi connectivity index (χ2v) is 6.69. The second kappa shape index (κ2) is 8.61. The quantitative estimate of drug-likeness (QED) is 0.756. The molecule has 2 rings (SSSR count). The highest BCUT2D eigenvalue weighted by Gasteiger charge is 2.10. The van der Waals surface area contributed by atoms with Crippen LogP contribution in [-0.4, -0.2) is 28.6 Å². The standard InChI is InChI=1S/C18H22N2O3S/c1-12(2)23-16-6-4-5-14(9-16)17(21)10-19-18(22)8-7-15-11-24-13(3)20-15/h4-9,11-12,17,21H,10H2,1-3H3,(H,19,22)/b8-7+. The maximum absolute atomic E-state index is 11.8. The van der Waals surface area contributed by atoms with E-state index in [-0.39, 0.29) is 18.6 Å². The number of aromatic nitrogens is 1. The summed E-state index contributed by atoms with van der Waals surface area (Å²) >= 11 is 1.53. The Bertz CT molecular complexity index is 710. The number of hydrogen-bond acceptors (Lipinski definition) is 5. The Morgan fingerprint density at radius 1 is 1.46 bits per heavy atom. The first kappa shape index (κ1) is 18.2. The highest BCUT2D eigenvalue weighted by Crippen LogP contribution is 2.20. The number of rotatable bonds is 7. The molecule has 128 valence electrons. The zero-order chi connectivity index (χ0) is 17.5. The van der Waals surface area contributed by atoms with Crippen LogP contribution >= 0.6 is 11.3 Å². The minimum atomic E-state index is -0.792. The van der Waals surface area contributed by atoms with Crippen LogP contribution in [0.15, 0.2) is 35.7 Å². The molecule has 1 aromatic carbocycles. The molecule has 0 radical (unpaired) electrons. The number of benzene rings is 1. The Hall–Kier alpha value is -2.18. The summed E-state index contributed by atoms with van der Waals surface area (Å²) in [6, 6.07) is 7.25.